The number of anilines is 1. The molecule has 166 valence electrons. The summed E-state index contributed by atoms with van der Waals surface area (Å²) in [6, 6.07) is 8.61. The van der Waals surface area contributed by atoms with Gasteiger partial charge in [0.2, 0.25) is 5.91 Å². The number of likely N-dealkylation sites (tertiary alicyclic amines) is 1. The van der Waals surface area contributed by atoms with Gasteiger partial charge in [-0.3, -0.25) is 14.4 Å². The van der Waals surface area contributed by atoms with Gasteiger partial charge in [-0.25, -0.2) is 0 Å². The highest BCUT2D eigenvalue weighted by Gasteiger charge is 2.23. The van der Waals surface area contributed by atoms with Gasteiger partial charge in [0.15, 0.2) is 0 Å². The van der Waals surface area contributed by atoms with Crippen LogP contribution in [-0.4, -0.2) is 48.8 Å². The molecule has 31 heavy (non-hydrogen) atoms. The van der Waals surface area contributed by atoms with E-state index in [4.69, 9.17) is 17.3 Å². The van der Waals surface area contributed by atoms with Crippen molar-refractivity contribution in [1.82, 2.24) is 10.2 Å². The van der Waals surface area contributed by atoms with E-state index in [9.17, 15) is 14.4 Å². The maximum absolute atomic E-state index is 12.6. The number of aryl methyl sites for hydroxylation is 1. The first-order valence-corrected chi connectivity index (χ1v) is 11.5. The normalized spacial score (nSPS) is 16.6. The van der Waals surface area contributed by atoms with Gasteiger partial charge in [-0.2, -0.15) is 0 Å². The van der Waals surface area contributed by atoms with Crippen molar-refractivity contribution in [3.05, 3.63) is 51.4 Å². The molecule has 0 saturated carbocycles. The minimum atomic E-state index is -0.311. The van der Waals surface area contributed by atoms with E-state index < -0.39 is 0 Å². The molecule has 1 saturated heterocycles. The summed E-state index contributed by atoms with van der Waals surface area (Å²) in [5.41, 5.74) is 6.61. The average molecular weight is 463 g/mol. The number of piperidine rings is 1. The van der Waals surface area contributed by atoms with Gasteiger partial charge in [-0.05, 0) is 63.0 Å². The Morgan fingerprint density at radius 2 is 2.03 bits per heavy atom. The minimum absolute atomic E-state index is 0.0727. The van der Waals surface area contributed by atoms with Crippen molar-refractivity contribution in [2.24, 2.45) is 11.7 Å². The Bertz CT molecular complexity index is 962. The predicted molar refractivity (Wildman–Crippen MR) is 124 cm³/mol. The molecule has 1 aliphatic rings. The van der Waals surface area contributed by atoms with Crippen LogP contribution in [0.4, 0.5) is 5.00 Å². The standard InChI is InChI=1S/C22H27ClN4O3S/c1-14-12-18(26-21(29)16-7-2-3-8-17(16)23)31-19(14)22(30)25-9-5-11-27-10-4-6-15(13-27)20(24)28/h2-3,7-8,12,15H,4-6,9-11,13H2,1H3,(H2,24,28)(H,25,30)(H,26,29). The summed E-state index contributed by atoms with van der Waals surface area (Å²) in [6.45, 7) is 4.84. The summed E-state index contributed by atoms with van der Waals surface area (Å²) in [4.78, 5) is 39.2. The van der Waals surface area contributed by atoms with E-state index in [1.807, 2.05) is 6.92 Å². The van der Waals surface area contributed by atoms with Crippen LogP contribution in [0.3, 0.4) is 0 Å². The summed E-state index contributed by atoms with van der Waals surface area (Å²) in [6.07, 6.45) is 2.62. The van der Waals surface area contributed by atoms with Gasteiger partial charge in [0.05, 0.1) is 26.4 Å². The first-order valence-electron chi connectivity index (χ1n) is 10.3. The molecule has 1 aliphatic heterocycles. The lowest BCUT2D eigenvalue weighted by atomic mass is 9.97. The van der Waals surface area contributed by atoms with Gasteiger partial charge in [-0.15, -0.1) is 11.3 Å². The number of nitrogens with two attached hydrogens (primary N) is 1. The molecule has 0 bridgehead atoms. The van der Waals surface area contributed by atoms with Crippen LogP contribution in [0.2, 0.25) is 5.02 Å². The molecule has 0 spiro atoms. The van der Waals surface area contributed by atoms with Crippen molar-refractivity contribution >= 4 is 45.7 Å². The molecule has 0 radical (unpaired) electrons. The summed E-state index contributed by atoms with van der Waals surface area (Å²) in [7, 11) is 0. The molecule has 1 aromatic heterocycles. The Balaban J connectivity index is 1.48. The molecule has 1 atom stereocenters. The fraction of sp³-hybridized carbons (Fsp3) is 0.409. The van der Waals surface area contributed by atoms with Crippen LogP contribution in [0.1, 0.15) is 44.9 Å². The highest BCUT2D eigenvalue weighted by atomic mass is 35.5. The van der Waals surface area contributed by atoms with E-state index in [2.05, 4.69) is 15.5 Å². The third-order valence-corrected chi connectivity index (χ3v) is 6.80. The molecule has 1 aromatic carbocycles. The highest BCUT2D eigenvalue weighted by Crippen LogP contribution is 2.28. The highest BCUT2D eigenvalue weighted by molar-refractivity contribution is 7.18. The zero-order chi connectivity index (χ0) is 22.4. The summed E-state index contributed by atoms with van der Waals surface area (Å²) in [5.74, 6) is -0.774. The van der Waals surface area contributed by atoms with Crippen LogP contribution < -0.4 is 16.4 Å². The van der Waals surface area contributed by atoms with Gasteiger partial charge >= 0.3 is 0 Å². The lowest BCUT2D eigenvalue weighted by Crippen LogP contribution is -2.42. The Hall–Kier alpha value is -2.42. The smallest absolute Gasteiger partial charge is 0.261 e. The van der Waals surface area contributed by atoms with Gasteiger partial charge < -0.3 is 21.3 Å². The lowest BCUT2D eigenvalue weighted by Gasteiger charge is -2.31. The topological polar surface area (TPSA) is 105 Å². The van der Waals surface area contributed by atoms with Crippen molar-refractivity contribution in [3.8, 4) is 0 Å². The van der Waals surface area contributed by atoms with Gasteiger partial charge in [0.1, 0.15) is 0 Å². The van der Waals surface area contributed by atoms with Gasteiger partial charge in [0.25, 0.3) is 11.8 Å². The third-order valence-electron chi connectivity index (χ3n) is 5.32. The van der Waals surface area contributed by atoms with E-state index in [0.717, 1.165) is 37.9 Å². The van der Waals surface area contributed by atoms with E-state index in [1.165, 1.54) is 11.3 Å². The Labute approximate surface area is 190 Å². The number of nitrogens with zero attached hydrogens (tertiary/aromatic N) is 1. The number of hydrogen-bond acceptors (Lipinski definition) is 5. The third kappa shape index (κ3) is 6.29. The minimum Gasteiger partial charge on any atom is -0.369 e. The number of primary amides is 1. The Kier molecular flexibility index (Phi) is 8.06. The van der Waals surface area contributed by atoms with Crippen molar-refractivity contribution < 1.29 is 14.4 Å². The van der Waals surface area contributed by atoms with Crippen LogP contribution in [0.25, 0.3) is 0 Å². The number of thiophene rings is 1. The maximum atomic E-state index is 12.6. The van der Waals surface area contributed by atoms with Crippen molar-refractivity contribution in [2.45, 2.75) is 26.2 Å². The van der Waals surface area contributed by atoms with Crippen LogP contribution in [-0.2, 0) is 4.79 Å². The van der Waals surface area contributed by atoms with Crippen molar-refractivity contribution in [1.29, 1.82) is 0 Å². The van der Waals surface area contributed by atoms with Gasteiger partial charge in [-0.1, -0.05) is 23.7 Å². The van der Waals surface area contributed by atoms with Crippen LogP contribution in [0.15, 0.2) is 30.3 Å². The van der Waals surface area contributed by atoms with Crippen molar-refractivity contribution in [3.63, 3.8) is 0 Å². The molecular weight excluding hydrogens is 436 g/mol. The summed E-state index contributed by atoms with van der Waals surface area (Å²) < 4.78 is 0. The number of carbonyl (C=O) groups is 3. The molecule has 3 amide bonds. The van der Waals surface area contributed by atoms with Crippen LogP contribution >= 0.6 is 22.9 Å². The summed E-state index contributed by atoms with van der Waals surface area (Å²) >= 11 is 7.31. The molecule has 2 aromatic rings. The Morgan fingerprint density at radius 1 is 1.26 bits per heavy atom. The second kappa shape index (κ2) is 10.7. The lowest BCUT2D eigenvalue weighted by molar-refractivity contribution is -0.123. The zero-order valence-electron chi connectivity index (χ0n) is 17.4. The molecule has 1 unspecified atom stereocenters. The molecule has 7 nitrogen and oxygen atoms in total. The first-order chi connectivity index (χ1) is 14.8. The molecule has 0 aliphatic carbocycles. The molecule has 3 rings (SSSR count). The van der Waals surface area contributed by atoms with Gasteiger partial charge in [0, 0.05) is 13.1 Å². The maximum Gasteiger partial charge on any atom is 0.261 e. The second-order valence-corrected chi connectivity index (χ2v) is 9.17. The van der Waals surface area contributed by atoms with E-state index in [0.29, 0.717) is 33.6 Å². The average Bonchev–Trinajstić information content (AvgIpc) is 3.11. The molecule has 1 fully saturated rings. The number of hydrogen-bond donors (Lipinski definition) is 3. The molecule has 9 heteroatoms. The largest absolute Gasteiger partial charge is 0.369 e. The summed E-state index contributed by atoms with van der Waals surface area (Å²) in [5, 5.41) is 6.72. The molecular formula is C22H27ClN4O3S. The molecule has 2 heterocycles. The fourth-order valence-electron chi connectivity index (χ4n) is 3.67. The zero-order valence-corrected chi connectivity index (χ0v) is 19.0. The van der Waals surface area contributed by atoms with E-state index in [-0.39, 0.29) is 23.6 Å². The van der Waals surface area contributed by atoms with Crippen LogP contribution in [0.5, 0.6) is 0 Å². The predicted octanol–water partition coefficient (Wildman–Crippen LogP) is 3.28. The number of amides is 3. The second-order valence-electron chi connectivity index (χ2n) is 7.71. The van der Waals surface area contributed by atoms with Crippen LogP contribution in [0, 0.1) is 12.8 Å². The number of carbonyl (C=O) groups excluding carboxylic acids is 3. The molecule has 4 N–H and O–H groups in total. The quantitative estimate of drug-likeness (QED) is 0.523. The first kappa shape index (κ1) is 23.2. The fourth-order valence-corrected chi connectivity index (χ4v) is 4.88. The Morgan fingerprint density at radius 3 is 2.77 bits per heavy atom. The monoisotopic (exact) mass is 462 g/mol. The number of nitrogens with one attached hydrogen (secondary N) is 2. The van der Waals surface area contributed by atoms with E-state index in [1.54, 1.807) is 30.3 Å². The van der Waals surface area contributed by atoms with E-state index >= 15 is 0 Å². The van der Waals surface area contributed by atoms with Crippen molar-refractivity contribution in [2.75, 3.05) is 31.5 Å². The SMILES string of the molecule is Cc1cc(NC(=O)c2ccccc2Cl)sc1C(=O)NCCCN1CCCC(C(N)=O)C1. The number of benzene rings is 1. The number of halogens is 1. The number of rotatable bonds is 8.